The van der Waals surface area contributed by atoms with Gasteiger partial charge in [0.2, 0.25) is 0 Å². The van der Waals surface area contributed by atoms with Gasteiger partial charge in [-0.1, -0.05) is 57.0 Å². The predicted octanol–water partition coefficient (Wildman–Crippen LogP) is 9.95. The van der Waals surface area contributed by atoms with Gasteiger partial charge >= 0.3 is 0 Å². The number of halogens is 3. The van der Waals surface area contributed by atoms with Crippen molar-refractivity contribution < 1.29 is 13.2 Å². The van der Waals surface area contributed by atoms with Crippen molar-refractivity contribution in [3.8, 4) is 0 Å². The molecule has 1 atom stereocenters. The third-order valence-corrected chi connectivity index (χ3v) is 8.60. The lowest BCUT2D eigenvalue weighted by atomic mass is 9.76. The van der Waals surface area contributed by atoms with Gasteiger partial charge in [-0.25, -0.2) is 13.2 Å². The monoisotopic (exact) mass is 482 g/mol. The minimum absolute atomic E-state index is 0.0574. The van der Waals surface area contributed by atoms with E-state index in [1.54, 1.807) is 18.2 Å². The average Bonchev–Trinajstić information content (AvgIpc) is 2.89. The number of aryl methyl sites for hydroxylation is 2. The van der Waals surface area contributed by atoms with Gasteiger partial charge in [-0.3, -0.25) is 0 Å². The molecular weight excluding hydrogens is 441 g/mol. The van der Waals surface area contributed by atoms with Gasteiger partial charge in [-0.2, -0.15) is 0 Å². The van der Waals surface area contributed by atoms with E-state index >= 15 is 0 Å². The van der Waals surface area contributed by atoms with Crippen molar-refractivity contribution in [1.29, 1.82) is 0 Å². The zero-order valence-electron chi connectivity index (χ0n) is 21.5. The van der Waals surface area contributed by atoms with Crippen LogP contribution in [0.3, 0.4) is 0 Å². The Bertz CT molecular complexity index is 1010. The molecule has 190 valence electrons. The number of unbranched alkanes of at least 4 members (excludes halogenated alkanes) is 1. The van der Waals surface area contributed by atoms with Crippen molar-refractivity contribution >= 4 is 5.57 Å². The van der Waals surface area contributed by atoms with E-state index < -0.39 is 11.6 Å². The fraction of sp³-hybridized carbons (Fsp3) is 0.562. The second-order valence-electron chi connectivity index (χ2n) is 10.9. The van der Waals surface area contributed by atoms with Gasteiger partial charge in [0.15, 0.2) is 11.6 Å². The van der Waals surface area contributed by atoms with Crippen LogP contribution >= 0.6 is 0 Å². The van der Waals surface area contributed by atoms with Gasteiger partial charge in [-0.15, -0.1) is 0 Å². The maximum absolute atomic E-state index is 14.9. The molecule has 2 aromatic carbocycles. The molecular formula is C32H41F3. The van der Waals surface area contributed by atoms with Crippen LogP contribution in [0.1, 0.15) is 113 Å². The van der Waals surface area contributed by atoms with Crippen LogP contribution in [-0.2, 0) is 12.8 Å². The first-order chi connectivity index (χ1) is 17.0. The highest BCUT2D eigenvalue weighted by Gasteiger charge is 2.25. The van der Waals surface area contributed by atoms with Gasteiger partial charge in [-0.05, 0) is 117 Å². The van der Waals surface area contributed by atoms with E-state index in [4.69, 9.17) is 0 Å². The normalized spacial score (nSPS) is 22.8. The molecule has 0 radical (unpaired) electrons. The highest BCUT2D eigenvalue weighted by Crippen LogP contribution is 2.39. The van der Waals surface area contributed by atoms with Crippen LogP contribution in [0.5, 0.6) is 0 Å². The molecule has 3 heteroatoms. The lowest BCUT2D eigenvalue weighted by Gasteiger charge is -2.29. The average molecular weight is 483 g/mol. The predicted molar refractivity (Wildman–Crippen MR) is 140 cm³/mol. The minimum atomic E-state index is -0.676. The molecule has 4 rings (SSSR count). The number of hydrogen-bond donors (Lipinski definition) is 0. The van der Waals surface area contributed by atoms with Crippen molar-refractivity contribution in [3.63, 3.8) is 0 Å². The Labute approximate surface area is 210 Å². The molecule has 0 heterocycles. The van der Waals surface area contributed by atoms with Crippen molar-refractivity contribution in [3.05, 3.63) is 76.1 Å². The summed E-state index contributed by atoms with van der Waals surface area (Å²) >= 11 is 0. The van der Waals surface area contributed by atoms with Crippen LogP contribution in [0.25, 0.3) is 5.57 Å². The highest BCUT2D eigenvalue weighted by atomic mass is 19.2. The summed E-state index contributed by atoms with van der Waals surface area (Å²) in [4.78, 5) is 0. The molecule has 0 amide bonds. The number of hydrogen-bond acceptors (Lipinski definition) is 0. The first-order valence-corrected chi connectivity index (χ1v) is 13.9. The Morgan fingerprint density at radius 3 is 2.29 bits per heavy atom. The van der Waals surface area contributed by atoms with E-state index in [1.165, 1.54) is 0 Å². The SMILES string of the molecule is CCCCc1ccc(C2CCC(CCc3ccc(C4=CCC(CC)CC4)c(F)c3F)CC2)c(F)c1. The summed E-state index contributed by atoms with van der Waals surface area (Å²) in [6.45, 7) is 4.34. The number of rotatable bonds is 9. The van der Waals surface area contributed by atoms with Crippen LogP contribution in [0, 0.1) is 29.3 Å². The van der Waals surface area contributed by atoms with Crippen LogP contribution in [-0.4, -0.2) is 0 Å². The highest BCUT2D eigenvalue weighted by molar-refractivity contribution is 5.67. The fourth-order valence-electron chi connectivity index (χ4n) is 6.09. The van der Waals surface area contributed by atoms with E-state index in [9.17, 15) is 13.2 Å². The fourth-order valence-corrected chi connectivity index (χ4v) is 6.09. The van der Waals surface area contributed by atoms with E-state index in [2.05, 4.69) is 26.0 Å². The summed E-state index contributed by atoms with van der Waals surface area (Å²) in [5.74, 6) is 0.0363. The molecule has 1 saturated carbocycles. The Hall–Kier alpha value is -2.03. The maximum Gasteiger partial charge on any atom is 0.166 e. The van der Waals surface area contributed by atoms with Crippen LogP contribution in [0.2, 0.25) is 0 Å². The lowest BCUT2D eigenvalue weighted by Crippen LogP contribution is -2.15. The third kappa shape index (κ3) is 6.40. The standard InChI is InChI=1S/C32H41F3/c1-3-5-6-24-12-19-28(30(33)21-24)25-15-9-23(10-16-25)11-17-27-18-20-29(32(35)31(27)34)26-13-7-22(4-2)8-14-26/h12-13,18-23,25H,3-11,14-17H2,1-2H3. The Morgan fingerprint density at radius 2 is 1.63 bits per heavy atom. The number of allylic oxidation sites excluding steroid dienone is 2. The second-order valence-corrected chi connectivity index (χ2v) is 10.9. The Kier molecular flexibility index (Phi) is 9.14. The summed E-state index contributed by atoms with van der Waals surface area (Å²) in [6, 6.07) is 9.39. The van der Waals surface area contributed by atoms with Gasteiger partial charge in [0.05, 0.1) is 0 Å². The molecule has 1 unspecified atom stereocenters. The Morgan fingerprint density at radius 1 is 0.829 bits per heavy atom. The van der Waals surface area contributed by atoms with Gasteiger partial charge in [0.1, 0.15) is 5.82 Å². The van der Waals surface area contributed by atoms with Crippen molar-refractivity contribution in [2.75, 3.05) is 0 Å². The smallest absolute Gasteiger partial charge is 0.166 e. The molecule has 0 nitrogen and oxygen atoms in total. The van der Waals surface area contributed by atoms with Crippen LogP contribution in [0.15, 0.2) is 36.4 Å². The molecule has 2 aliphatic carbocycles. The van der Waals surface area contributed by atoms with E-state index in [-0.39, 0.29) is 11.7 Å². The zero-order valence-corrected chi connectivity index (χ0v) is 21.5. The summed E-state index contributed by atoms with van der Waals surface area (Å²) in [5.41, 5.74) is 3.84. The first kappa shape index (κ1) is 26.0. The van der Waals surface area contributed by atoms with Crippen molar-refractivity contribution in [1.82, 2.24) is 0 Å². The van der Waals surface area contributed by atoms with Crippen molar-refractivity contribution in [2.24, 2.45) is 11.8 Å². The van der Waals surface area contributed by atoms with Crippen LogP contribution in [0.4, 0.5) is 13.2 Å². The molecule has 0 spiro atoms. The molecule has 2 aromatic rings. The van der Waals surface area contributed by atoms with Gasteiger partial charge < -0.3 is 0 Å². The minimum Gasteiger partial charge on any atom is -0.207 e. The molecule has 2 aliphatic rings. The largest absolute Gasteiger partial charge is 0.207 e. The molecule has 0 saturated heterocycles. The van der Waals surface area contributed by atoms with Gasteiger partial charge in [0.25, 0.3) is 0 Å². The van der Waals surface area contributed by atoms with Crippen LogP contribution < -0.4 is 0 Å². The maximum atomic E-state index is 14.9. The summed E-state index contributed by atoms with van der Waals surface area (Å²) in [7, 11) is 0. The summed E-state index contributed by atoms with van der Waals surface area (Å²) < 4.78 is 44.6. The quantitative estimate of drug-likeness (QED) is 0.333. The number of benzene rings is 2. The molecule has 0 aromatic heterocycles. The molecule has 1 fully saturated rings. The van der Waals surface area contributed by atoms with E-state index in [0.29, 0.717) is 29.4 Å². The van der Waals surface area contributed by atoms with Crippen molar-refractivity contribution in [2.45, 2.75) is 103 Å². The lowest BCUT2D eigenvalue weighted by molar-refractivity contribution is 0.305. The van der Waals surface area contributed by atoms with Gasteiger partial charge in [0, 0.05) is 5.56 Å². The molecule has 35 heavy (non-hydrogen) atoms. The summed E-state index contributed by atoms with van der Waals surface area (Å²) in [5, 5.41) is 0. The molecule has 0 aliphatic heterocycles. The molecule has 0 N–H and O–H groups in total. The topological polar surface area (TPSA) is 0 Å². The molecule has 0 bridgehead atoms. The van der Waals surface area contributed by atoms with E-state index in [0.717, 1.165) is 93.7 Å². The summed E-state index contributed by atoms with van der Waals surface area (Å²) in [6.07, 6.45) is 14.7. The Balaban J connectivity index is 1.30. The third-order valence-electron chi connectivity index (χ3n) is 8.60. The first-order valence-electron chi connectivity index (χ1n) is 13.9. The zero-order chi connectivity index (χ0) is 24.8. The van der Waals surface area contributed by atoms with E-state index in [1.807, 2.05) is 6.07 Å². The second kappa shape index (κ2) is 12.3.